The van der Waals surface area contributed by atoms with Gasteiger partial charge in [0.2, 0.25) is 19.8 Å². The minimum atomic E-state index is -0.754. The molecule has 188 valence electrons. The third-order valence-electron chi connectivity index (χ3n) is 8.27. The molecule has 2 aromatic carbocycles. The Bertz CT molecular complexity index is 1220. The summed E-state index contributed by atoms with van der Waals surface area (Å²) in [6, 6.07) is 13.2. The molecule has 3 amide bonds. The van der Waals surface area contributed by atoms with Crippen molar-refractivity contribution in [1.29, 1.82) is 0 Å². The summed E-state index contributed by atoms with van der Waals surface area (Å²) in [5.74, 6) is -0.424. The maximum atomic E-state index is 13.4. The van der Waals surface area contributed by atoms with E-state index in [0.717, 1.165) is 44.0 Å². The van der Waals surface area contributed by atoms with Crippen molar-refractivity contribution in [2.45, 2.75) is 36.8 Å². The fourth-order valence-electron chi connectivity index (χ4n) is 5.54. The highest BCUT2D eigenvalue weighted by Gasteiger charge is 2.53. The first-order chi connectivity index (χ1) is 17.7. The third kappa shape index (κ3) is 4.73. The van der Waals surface area contributed by atoms with Crippen LogP contribution in [-0.4, -0.2) is 96.2 Å². The van der Waals surface area contributed by atoms with E-state index in [1.165, 1.54) is 18.4 Å². The van der Waals surface area contributed by atoms with Crippen LogP contribution in [0.3, 0.4) is 0 Å². The fourth-order valence-corrected chi connectivity index (χ4v) is 5.54. The van der Waals surface area contributed by atoms with E-state index >= 15 is 0 Å². The lowest BCUT2D eigenvalue weighted by Crippen LogP contribution is -2.62. The van der Waals surface area contributed by atoms with Gasteiger partial charge in [0.1, 0.15) is 41.9 Å². The lowest BCUT2D eigenvalue weighted by atomic mass is 9.40. The number of rotatable bonds is 6. The Hall–Kier alpha value is -2.97. The summed E-state index contributed by atoms with van der Waals surface area (Å²) in [6.07, 6.45) is 0. The lowest BCUT2D eigenvalue weighted by molar-refractivity contribution is -0.146. The van der Waals surface area contributed by atoms with E-state index in [2.05, 4.69) is 29.2 Å². The molecule has 3 aliphatic heterocycles. The highest BCUT2D eigenvalue weighted by Crippen LogP contribution is 2.44. The second-order valence-electron chi connectivity index (χ2n) is 10.9. The topological polar surface area (TPSA) is 79.4 Å². The van der Waals surface area contributed by atoms with E-state index < -0.39 is 11.3 Å². The maximum absolute atomic E-state index is 13.4. The van der Waals surface area contributed by atoms with Gasteiger partial charge in [-0.05, 0) is 34.3 Å². The van der Waals surface area contributed by atoms with Gasteiger partial charge in [-0.25, -0.2) is 0 Å². The van der Waals surface area contributed by atoms with Crippen LogP contribution in [0.2, 0.25) is 11.0 Å². The monoisotopic (exact) mass is 497 g/mol. The van der Waals surface area contributed by atoms with Crippen LogP contribution in [0.15, 0.2) is 42.5 Å². The van der Waals surface area contributed by atoms with Crippen molar-refractivity contribution >= 4 is 49.2 Å². The first-order valence-electron chi connectivity index (χ1n) is 12.9. The first kappa shape index (κ1) is 25.7. The molecular weight excluding hydrogens is 466 g/mol. The van der Waals surface area contributed by atoms with E-state index in [1.807, 2.05) is 35.7 Å². The number of morpholine rings is 1. The smallest absolute Gasteiger partial charge is 0.255 e. The van der Waals surface area contributed by atoms with Crippen LogP contribution < -0.4 is 4.74 Å². The highest BCUT2D eigenvalue weighted by molar-refractivity contribution is 6.57. The molecule has 8 nitrogen and oxygen atoms in total. The number of fused-ring (bicyclic) bond motifs is 1. The second-order valence-corrected chi connectivity index (χ2v) is 10.9. The average molecular weight is 497 g/mol. The number of piperidine rings is 1. The molecule has 0 saturated carbocycles. The van der Waals surface area contributed by atoms with Crippen molar-refractivity contribution in [3.8, 4) is 5.75 Å². The number of ether oxygens (including phenoxy) is 2. The molecule has 5 rings (SSSR count). The summed E-state index contributed by atoms with van der Waals surface area (Å²) in [5, 5.41) is -0.754. The number of hydrogen-bond donors (Lipinski definition) is 0. The molecule has 0 aliphatic carbocycles. The summed E-state index contributed by atoms with van der Waals surface area (Å²) in [5.41, 5.74) is 3.64. The van der Waals surface area contributed by atoms with Crippen LogP contribution in [0.4, 0.5) is 0 Å². The molecule has 0 bridgehead atoms. The number of nitrogens with zero attached hydrogens (tertiary/aromatic N) is 3. The predicted octanol–water partition coefficient (Wildman–Crippen LogP) is -1.86. The molecule has 0 N–H and O–H groups in total. The highest BCUT2D eigenvalue weighted by atomic mass is 16.5. The van der Waals surface area contributed by atoms with E-state index in [-0.39, 0.29) is 30.1 Å². The number of carbonyl (C=O) groups is 3. The van der Waals surface area contributed by atoms with E-state index in [1.54, 1.807) is 11.0 Å². The third-order valence-corrected chi connectivity index (χ3v) is 8.27. The van der Waals surface area contributed by atoms with Crippen LogP contribution >= 0.6 is 0 Å². The predicted molar refractivity (Wildman–Crippen MR) is 149 cm³/mol. The first-order valence-corrected chi connectivity index (χ1v) is 12.9. The lowest BCUT2D eigenvalue weighted by Gasteiger charge is -2.47. The van der Waals surface area contributed by atoms with Crippen LogP contribution in [0, 0.1) is 0 Å². The van der Waals surface area contributed by atoms with Crippen LogP contribution in [0.5, 0.6) is 5.75 Å². The Balaban J connectivity index is 1.28. The Morgan fingerprint density at radius 2 is 1.68 bits per heavy atom. The standard InChI is InChI=1S/C25H31B4N3O5/c26-21-20(23(34)32(29)24(35)25(21,27)28)31-13-18-17(22(31)33)2-1-3-19(18)37-14-16-6-4-15(5-7-16)12-30-8-10-36-11-9-30/h1-7,20-21H,8-14,26-29H2. The van der Waals surface area contributed by atoms with Gasteiger partial charge in [-0.15, -0.1) is 0 Å². The van der Waals surface area contributed by atoms with Gasteiger partial charge in [-0.2, -0.15) is 0 Å². The molecule has 0 aromatic heterocycles. The van der Waals surface area contributed by atoms with Gasteiger partial charge in [0.15, 0.2) is 0 Å². The zero-order chi connectivity index (χ0) is 26.3. The van der Waals surface area contributed by atoms with Crippen molar-refractivity contribution < 1.29 is 23.9 Å². The fraction of sp³-hybridized carbons (Fsp3) is 0.400. The second kappa shape index (κ2) is 10.1. The molecule has 2 fully saturated rings. The van der Waals surface area contributed by atoms with Gasteiger partial charge >= 0.3 is 0 Å². The largest absolute Gasteiger partial charge is 0.489 e. The number of hydrogen-bond acceptors (Lipinski definition) is 6. The summed E-state index contributed by atoms with van der Waals surface area (Å²) >= 11 is 0. The minimum Gasteiger partial charge on any atom is -0.489 e. The van der Waals surface area contributed by atoms with Gasteiger partial charge in [0.05, 0.1) is 19.8 Å². The number of carbonyl (C=O) groups excluding carboxylic acids is 3. The molecular formula is C25H31B4N3O5. The Kier molecular flexibility index (Phi) is 6.98. The Morgan fingerprint density at radius 3 is 2.38 bits per heavy atom. The molecule has 2 atom stereocenters. The average Bonchev–Trinajstić information content (AvgIpc) is 3.23. The van der Waals surface area contributed by atoms with Gasteiger partial charge in [-0.1, -0.05) is 30.3 Å². The van der Waals surface area contributed by atoms with Gasteiger partial charge in [0.25, 0.3) is 5.91 Å². The number of benzene rings is 2. The molecule has 0 radical (unpaired) electrons. The maximum Gasteiger partial charge on any atom is 0.255 e. The minimum absolute atomic E-state index is 0.198. The summed E-state index contributed by atoms with van der Waals surface area (Å²) < 4.78 is 11.6. The van der Waals surface area contributed by atoms with Crippen molar-refractivity contribution in [3.05, 3.63) is 64.7 Å². The summed E-state index contributed by atoms with van der Waals surface area (Å²) in [4.78, 5) is 44.4. The quantitative estimate of drug-likeness (QED) is 0.345. The zero-order valence-corrected chi connectivity index (χ0v) is 22.0. The van der Waals surface area contributed by atoms with E-state index in [9.17, 15) is 14.4 Å². The van der Waals surface area contributed by atoms with Crippen molar-refractivity contribution in [1.82, 2.24) is 14.6 Å². The van der Waals surface area contributed by atoms with Crippen molar-refractivity contribution in [2.75, 3.05) is 26.3 Å². The van der Waals surface area contributed by atoms with Gasteiger partial charge in [0, 0.05) is 30.8 Å². The number of amides is 3. The molecule has 2 aromatic rings. The molecule has 3 heterocycles. The van der Waals surface area contributed by atoms with Gasteiger partial charge in [-0.3, -0.25) is 19.3 Å². The zero-order valence-electron chi connectivity index (χ0n) is 22.0. The van der Waals surface area contributed by atoms with Crippen LogP contribution in [0.1, 0.15) is 27.0 Å². The van der Waals surface area contributed by atoms with Crippen molar-refractivity contribution in [3.63, 3.8) is 0 Å². The van der Waals surface area contributed by atoms with Gasteiger partial charge < -0.3 is 19.2 Å². The normalized spacial score (nSPS) is 23.8. The SMILES string of the molecule is BC1C(N2Cc3c(OCc4ccc(CN5CCOCC5)cc4)cccc3C2=O)C(=O)N(B)C(=O)C1(B)B. The Morgan fingerprint density at radius 1 is 1.00 bits per heavy atom. The van der Waals surface area contributed by atoms with E-state index in [4.69, 9.17) is 9.47 Å². The Labute approximate surface area is 221 Å². The van der Waals surface area contributed by atoms with E-state index in [0.29, 0.717) is 17.9 Å². The van der Waals surface area contributed by atoms with Crippen LogP contribution in [-0.2, 0) is 34.0 Å². The summed E-state index contributed by atoms with van der Waals surface area (Å²) in [7, 11) is 7.05. The molecule has 3 aliphatic rings. The molecule has 2 unspecified atom stereocenters. The molecule has 0 spiro atoms. The number of imide groups is 1. The summed E-state index contributed by atoms with van der Waals surface area (Å²) in [6.45, 7) is 5.04. The molecule has 37 heavy (non-hydrogen) atoms. The van der Waals surface area contributed by atoms with Crippen LogP contribution in [0.25, 0.3) is 0 Å². The molecule has 12 heteroatoms. The van der Waals surface area contributed by atoms with Crippen molar-refractivity contribution in [2.24, 2.45) is 0 Å². The molecule has 2 saturated heterocycles.